The second-order valence-corrected chi connectivity index (χ2v) is 12.6. The Kier molecular flexibility index (Phi) is 8.64. The van der Waals surface area contributed by atoms with Crippen molar-refractivity contribution >= 4 is 28.5 Å². The Bertz CT molecular complexity index is 1280. The summed E-state index contributed by atoms with van der Waals surface area (Å²) in [5, 5.41) is 0. The number of piperazine rings is 1. The summed E-state index contributed by atoms with van der Waals surface area (Å²) in [6, 6.07) is 23.9. The average molecular weight is 638 g/mol. The first-order chi connectivity index (χ1) is 18.8. The maximum Gasteiger partial charge on any atom is 0.253 e. The smallest absolute Gasteiger partial charge is 0.253 e. The van der Waals surface area contributed by atoms with E-state index in [-0.39, 0.29) is 17.6 Å². The fourth-order valence-electron chi connectivity index (χ4n) is 5.97. The molecule has 5 rings (SSSR count). The number of hydrogen-bond donors (Lipinski definition) is 0. The summed E-state index contributed by atoms with van der Waals surface area (Å²) >= 11 is 2.36. The fraction of sp³-hybridized carbons (Fsp3) is 0.424. The van der Waals surface area contributed by atoms with Gasteiger partial charge in [-0.1, -0.05) is 42.5 Å². The van der Waals surface area contributed by atoms with Gasteiger partial charge < -0.3 is 9.64 Å². The third-order valence-corrected chi connectivity index (χ3v) is 8.75. The molecule has 1 atom stereocenters. The number of hydrogen-bond acceptors (Lipinski definition) is 4. The Morgan fingerprint density at radius 1 is 0.949 bits per heavy atom. The highest BCUT2D eigenvalue weighted by Gasteiger charge is 2.36. The summed E-state index contributed by atoms with van der Waals surface area (Å²) in [6.07, 6.45) is 0.921. The number of benzene rings is 3. The SMILES string of the molecule is CCN(CC)C(=O)c1ccc(C(c2cccc3c2OC(C)(C)C3)N2CCN(Cc3ccc(I)cc3)CC2)cc1. The highest BCUT2D eigenvalue weighted by atomic mass is 127. The molecule has 0 saturated carbocycles. The first-order valence-electron chi connectivity index (χ1n) is 14.2. The van der Waals surface area contributed by atoms with Crippen molar-refractivity contribution in [3.8, 4) is 5.75 Å². The van der Waals surface area contributed by atoms with Gasteiger partial charge in [-0.2, -0.15) is 0 Å². The van der Waals surface area contributed by atoms with E-state index in [9.17, 15) is 4.79 Å². The molecule has 2 aliphatic rings. The lowest BCUT2D eigenvalue weighted by molar-refractivity contribution is 0.0772. The quantitative estimate of drug-likeness (QED) is 0.268. The molecule has 0 radical (unpaired) electrons. The summed E-state index contributed by atoms with van der Waals surface area (Å²) in [5.74, 6) is 1.13. The number of halogens is 1. The van der Waals surface area contributed by atoms with Crippen LogP contribution in [0.25, 0.3) is 0 Å². The monoisotopic (exact) mass is 637 g/mol. The van der Waals surface area contributed by atoms with Gasteiger partial charge in [0.05, 0.1) is 6.04 Å². The fourth-order valence-corrected chi connectivity index (χ4v) is 6.33. The topological polar surface area (TPSA) is 36.0 Å². The molecular formula is C33H40IN3O2. The van der Waals surface area contributed by atoms with Crippen LogP contribution in [0.15, 0.2) is 66.7 Å². The van der Waals surface area contributed by atoms with E-state index in [4.69, 9.17) is 4.74 Å². The Morgan fingerprint density at radius 3 is 2.26 bits per heavy atom. The molecule has 3 aromatic carbocycles. The lowest BCUT2D eigenvalue weighted by Crippen LogP contribution is -2.47. The van der Waals surface area contributed by atoms with E-state index in [0.717, 1.165) is 63.5 Å². The lowest BCUT2D eigenvalue weighted by atomic mass is 9.92. The van der Waals surface area contributed by atoms with Crippen LogP contribution < -0.4 is 4.74 Å². The summed E-state index contributed by atoms with van der Waals surface area (Å²) in [5.41, 5.74) is 5.64. The van der Waals surface area contributed by atoms with Crippen molar-refractivity contribution < 1.29 is 9.53 Å². The molecule has 1 amide bonds. The number of amides is 1. The molecule has 1 unspecified atom stereocenters. The number of ether oxygens (including phenoxy) is 1. The zero-order valence-electron chi connectivity index (χ0n) is 23.6. The van der Waals surface area contributed by atoms with Gasteiger partial charge in [-0.3, -0.25) is 14.6 Å². The zero-order chi connectivity index (χ0) is 27.6. The van der Waals surface area contributed by atoms with Crippen molar-refractivity contribution in [2.24, 2.45) is 0 Å². The third kappa shape index (κ3) is 6.34. The molecule has 0 bridgehead atoms. The van der Waals surface area contributed by atoms with Crippen LogP contribution in [0.5, 0.6) is 5.75 Å². The molecule has 2 heterocycles. The van der Waals surface area contributed by atoms with Gasteiger partial charge in [0.25, 0.3) is 5.91 Å². The van der Waals surface area contributed by atoms with E-state index in [1.807, 2.05) is 30.9 Å². The Balaban J connectivity index is 1.42. The molecule has 1 saturated heterocycles. The number of rotatable bonds is 8. The standard InChI is InChI=1S/C33H40IN3O2/c1-5-36(6-2)32(38)26-14-12-25(13-15-26)30(29-9-7-8-27-22-33(3,4)39-31(27)29)37-20-18-35(19-21-37)23-24-10-16-28(34)17-11-24/h7-17,30H,5-6,18-23H2,1-4H3. The Labute approximate surface area is 247 Å². The minimum atomic E-state index is -0.199. The lowest BCUT2D eigenvalue weighted by Gasteiger charge is -2.40. The normalized spacial score (nSPS) is 17.9. The molecule has 5 nitrogen and oxygen atoms in total. The van der Waals surface area contributed by atoms with Crippen LogP contribution in [-0.4, -0.2) is 65.5 Å². The highest BCUT2D eigenvalue weighted by Crippen LogP contribution is 2.43. The van der Waals surface area contributed by atoms with Gasteiger partial charge in [0.15, 0.2) is 0 Å². The van der Waals surface area contributed by atoms with Crippen LogP contribution in [0.4, 0.5) is 0 Å². The van der Waals surface area contributed by atoms with Gasteiger partial charge in [-0.05, 0) is 91.2 Å². The summed E-state index contributed by atoms with van der Waals surface area (Å²) < 4.78 is 7.83. The van der Waals surface area contributed by atoms with Crippen LogP contribution in [0, 0.1) is 3.57 Å². The van der Waals surface area contributed by atoms with Crippen LogP contribution in [-0.2, 0) is 13.0 Å². The van der Waals surface area contributed by atoms with Gasteiger partial charge in [0.1, 0.15) is 11.4 Å². The highest BCUT2D eigenvalue weighted by molar-refractivity contribution is 14.1. The number of carbonyl (C=O) groups excluding carboxylic acids is 1. The third-order valence-electron chi connectivity index (χ3n) is 8.03. The van der Waals surface area contributed by atoms with Crippen LogP contribution in [0.2, 0.25) is 0 Å². The number of nitrogens with zero attached hydrogens (tertiary/aromatic N) is 3. The number of fused-ring (bicyclic) bond motifs is 1. The molecule has 3 aromatic rings. The number of para-hydroxylation sites is 1. The van der Waals surface area contributed by atoms with E-state index in [0.29, 0.717) is 0 Å². The molecule has 0 N–H and O–H groups in total. The van der Waals surface area contributed by atoms with Gasteiger partial charge in [-0.25, -0.2) is 0 Å². The number of carbonyl (C=O) groups is 1. The first kappa shape index (κ1) is 28.1. The van der Waals surface area contributed by atoms with Crippen LogP contribution in [0.3, 0.4) is 0 Å². The predicted octanol–water partition coefficient (Wildman–Crippen LogP) is 6.39. The first-order valence-corrected chi connectivity index (χ1v) is 15.3. The molecular weight excluding hydrogens is 597 g/mol. The molecule has 0 aromatic heterocycles. The molecule has 1 fully saturated rings. The van der Waals surface area contributed by atoms with Crippen molar-refractivity contribution in [2.45, 2.75) is 52.3 Å². The second kappa shape index (κ2) is 12.0. The van der Waals surface area contributed by atoms with Gasteiger partial charge in [0.2, 0.25) is 0 Å². The molecule has 2 aliphatic heterocycles. The van der Waals surface area contributed by atoms with Gasteiger partial charge in [-0.15, -0.1) is 0 Å². The minimum absolute atomic E-state index is 0.0758. The van der Waals surface area contributed by atoms with E-state index < -0.39 is 0 Å². The molecule has 206 valence electrons. The van der Waals surface area contributed by atoms with Crippen molar-refractivity contribution in [1.29, 1.82) is 0 Å². The molecule has 0 aliphatic carbocycles. The molecule has 6 heteroatoms. The van der Waals surface area contributed by atoms with E-state index in [1.54, 1.807) is 0 Å². The minimum Gasteiger partial charge on any atom is -0.487 e. The summed E-state index contributed by atoms with van der Waals surface area (Å²) in [4.78, 5) is 20.0. The van der Waals surface area contributed by atoms with Gasteiger partial charge in [0, 0.05) is 66.9 Å². The summed E-state index contributed by atoms with van der Waals surface area (Å²) in [7, 11) is 0. The van der Waals surface area contributed by atoms with E-state index in [1.165, 1.54) is 25.8 Å². The Hall–Kier alpha value is -2.42. The van der Waals surface area contributed by atoms with E-state index >= 15 is 0 Å². The van der Waals surface area contributed by atoms with Crippen LogP contribution in [0.1, 0.15) is 66.3 Å². The molecule has 0 spiro atoms. The van der Waals surface area contributed by atoms with Crippen molar-refractivity contribution in [3.05, 3.63) is 98.1 Å². The van der Waals surface area contributed by atoms with Gasteiger partial charge >= 0.3 is 0 Å². The Morgan fingerprint density at radius 2 is 1.62 bits per heavy atom. The summed E-state index contributed by atoms with van der Waals surface area (Å²) in [6.45, 7) is 14.8. The second-order valence-electron chi connectivity index (χ2n) is 11.3. The van der Waals surface area contributed by atoms with Crippen molar-refractivity contribution in [3.63, 3.8) is 0 Å². The maximum atomic E-state index is 13.0. The van der Waals surface area contributed by atoms with Crippen molar-refractivity contribution in [1.82, 2.24) is 14.7 Å². The largest absolute Gasteiger partial charge is 0.487 e. The average Bonchev–Trinajstić information content (AvgIpc) is 3.26. The predicted molar refractivity (Wildman–Crippen MR) is 166 cm³/mol. The zero-order valence-corrected chi connectivity index (χ0v) is 25.8. The van der Waals surface area contributed by atoms with Crippen molar-refractivity contribution in [2.75, 3.05) is 39.3 Å². The van der Waals surface area contributed by atoms with Crippen LogP contribution >= 0.6 is 22.6 Å². The van der Waals surface area contributed by atoms with E-state index in [2.05, 4.69) is 101 Å². The maximum absolute atomic E-state index is 13.0. The molecule has 39 heavy (non-hydrogen) atoms.